The number of carbonyl (C=O) groups is 6. The predicted octanol–water partition coefficient (Wildman–Crippen LogP) is 1.27. The first-order valence-electron chi connectivity index (χ1n) is 16.3. The summed E-state index contributed by atoms with van der Waals surface area (Å²) in [5.41, 5.74) is -0.634. The third-order valence-electron chi connectivity index (χ3n) is 9.72. The first-order valence-corrected chi connectivity index (χ1v) is 16.3. The monoisotopic (exact) mass is 659 g/mol. The molecule has 5 rings (SSSR count). The number of halogens is 2. The third-order valence-corrected chi connectivity index (χ3v) is 9.72. The molecule has 1 saturated heterocycles. The van der Waals surface area contributed by atoms with Crippen molar-refractivity contribution in [3.63, 3.8) is 0 Å². The zero-order chi connectivity index (χ0) is 34.1. The van der Waals surface area contributed by atoms with Gasteiger partial charge in [-0.2, -0.15) is 0 Å². The highest BCUT2D eigenvalue weighted by molar-refractivity contribution is 6.38. The zero-order valence-corrected chi connectivity index (χ0v) is 26.9. The van der Waals surface area contributed by atoms with Crippen LogP contribution < -0.4 is 21.3 Å². The Morgan fingerprint density at radius 2 is 1.72 bits per heavy atom. The van der Waals surface area contributed by atoms with Crippen LogP contribution in [0.3, 0.4) is 0 Å². The second kappa shape index (κ2) is 13.6. The van der Waals surface area contributed by atoms with E-state index in [2.05, 4.69) is 31.2 Å². The molecule has 4 N–H and O–H groups in total. The highest BCUT2D eigenvalue weighted by Crippen LogP contribution is 2.44. The Labute approximate surface area is 271 Å². The summed E-state index contributed by atoms with van der Waals surface area (Å²) in [4.78, 5) is 88.9. The number of likely N-dealkylation sites (N-methyl/N-ethyl adjacent to an activating group) is 1. The summed E-state index contributed by atoms with van der Waals surface area (Å²) in [6.07, 6.45) is 7.15. The van der Waals surface area contributed by atoms with Crippen LogP contribution in [0.25, 0.3) is 0 Å². The van der Waals surface area contributed by atoms with E-state index in [0.29, 0.717) is 6.42 Å². The van der Waals surface area contributed by atoms with Crippen LogP contribution in [0.4, 0.5) is 8.78 Å². The Morgan fingerprint density at radius 3 is 2.26 bits per heavy atom. The molecule has 1 aromatic rings. The van der Waals surface area contributed by atoms with Crippen LogP contribution in [0, 0.1) is 17.8 Å². The van der Waals surface area contributed by atoms with Crippen LogP contribution in [0.15, 0.2) is 18.6 Å². The SMILES string of the molecule is CN(C(=O)[C@H](NC(=O)c1cnccn1)C1CC(F)(F)C1)[C@@H](CC1CCC1)C(=O)N[C@@H](C[C@@H]1CC(C)(C)NC1=O)C(=O)C(=O)NC1CC1. The van der Waals surface area contributed by atoms with Gasteiger partial charge in [0.25, 0.3) is 11.8 Å². The number of aromatic nitrogens is 2. The molecule has 0 unspecified atom stereocenters. The first-order chi connectivity index (χ1) is 22.1. The van der Waals surface area contributed by atoms with E-state index in [1.54, 1.807) is 0 Å². The van der Waals surface area contributed by atoms with Crippen molar-refractivity contribution in [2.45, 2.75) is 114 Å². The Hall–Kier alpha value is -4.04. The fourth-order valence-electron chi connectivity index (χ4n) is 6.63. The number of ketones is 1. The molecule has 5 amide bonds. The summed E-state index contributed by atoms with van der Waals surface area (Å²) in [6, 6.07) is -3.97. The quantitative estimate of drug-likeness (QED) is 0.216. The van der Waals surface area contributed by atoms with E-state index in [0.717, 1.165) is 37.0 Å². The number of nitrogens with zero attached hydrogens (tertiary/aromatic N) is 3. The second-order valence-electron chi connectivity index (χ2n) is 14.2. The van der Waals surface area contributed by atoms with Crippen molar-refractivity contribution >= 4 is 35.3 Å². The molecule has 3 saturated carbocycles. The zero-order valence-electron chi connectivity index (χ0n) is 26.9. The molecule has 0 aromatic carbocycles. The number of amides is 5. The summed E-state index contributed by atoms with van der Waals surface area (Å²) in [6.45, 7) is 3.68. The normalized spacial score (nSPS) is 23.6. The number of rotatable bonds is 14. The fraction of sp³-hybridized carbons (Fsp3) is 0.688. The molecule has 15 heteroatoms. The number of carbonyl (C=O) groups excluding carboxylic acids is 6. The summed E-state index contributed by atoms with van der Waals surface area (Å²) >= 11 is 0. The molecule has 3 aliphatic carbocycles. The van der Waals surface area contributed by atoms with Gasteiger partial charge in [0, 0.05) is 49.8 Å². The fourth-order valence-corrected chi connectivity index (χ4v) is 6.63. The van der Waals surface area contributed by atoms with Crippen molar-refractivity contribution in [1.29, 1.82) is 0 Å². The van der Waals surface area contributed by atoms with Crippen molar-refractivity contribution in [1.82, 2.24) is 36.1 Å². The maximum absolute atomic E-state index is 14.0. The van der Waals surface area contributed by atoms with Crippen molar-refractivity contribution in [2.75, 3.05) is 7.05 Å². The van der Waals surface area contributed by atoms with E-state index < -0.39 is 83.7 Å². The van der Waals surface area contributed by atoms with Gasteiger partial charge in [-0.25, -0.2) is 13.8 Å². The van der Waals surface area contributed by atoms with E-state index in [-0.39, 0.29) is 36.4 Å². The van der Waals surface area contributed by atoms with Gasteiger partial charge in [-0.1, -0.05) is 19.3 Å². The lowest BCUT2D eigenvalue weighted by molar-refractivity contribution is -0.152. The van der Waals surface area contributed by atoms with Crippen LogP contribution >= 0.6 is 0 Å². The minimum absolute atomic E-state index is 0.0930. The van der Waals surface area contributed by atoms with E-state index in [9.17, 15) is 37.5 Å². The minimum Gasteiger partial charge on any atom is -0.351 e. The van der Waals surface area contributed by atoms with Crippen LogP contribution in [-0.4, -0.2) is 92.9 Å². The van der Waals surface area contributed by atoms with Crippen LogP contribution in [0.1, 0.15) is 88.5 Å². The Morgan fingerprint density at radius 1 is 1.02 bits per heavy atom. The lowest BCUT2D eigenvalue weighted by Crippen LogP contribution is -2.61. The van der Waals surface area contributed by atoms with Gasteiger partial charge >= 0.3 is 0 Å². The summed E-state index contributed by atoms with van der Waals surface area (Å²) in [5.74, 6) is -8.68. The van der Waals surface area contributed by atoms with Gasteiger partial charge in [0.15, 0.2) is 0 Å². The molecule has 4 aliphatic rings. The van der Waals surface area contributed by atoms with Gasteiger partial charge in [-0.05, 0) is 57.8 Å². The summed E-state index contributed by atoms with van der Waals surface area (Å²) < 4.78 is 28.0. The smallest absolute Gasteiger partial charge is 0.289 e. The van der Waals surface area contributed by atoms with Gasteiger partial charge < -0.3 is 26.2 Å². The van der Waals surface area contributed by atoms with E-state index >= 15 is 0 Å². The molecule has 1 aromatic heterocycles. The topological polar surface area (TPSA) is 180 Å². The molecular weight excluding hydrogens is 616 g/mol. The van der Waals surface area contributed by atoms with Gasteiger partial charge in [0.2, 0.25) is 29.4 Å². The Bertz CT molecular complexity index is 1390. The average molecular weight is 660 g/mol. The highest BCUT2D eigenvalue weighted by Gasteiger charge is 2.52. The predicted molar refractivity (Wildman–Crippen MR) is 163 cm³/mol. The van der Waals surface area contributed by atoms with Crippen LogP contribution in [0.5, 0.6) is 0 Å². The van der Waals surface area contributed by atoms with Crippen molar-refractivity contribution in [3.8, 4) is 0 Å². The minimum atomic E-state index is -2.99. The summed E-state index contributed by atoms with van der Waals surface area (Å²) in [5, 5.41) is 10.7. The van der Waals surface area contributed by atoms with E-state index in [1.807, 2.05) is 13.8 Å². The van der Waals surface area contributed by atoms with Crippen molar-refractivity contribution in [3.05, 3.63) is 24.3 Å². The maximum atomic E-state index is 14.0. The van der Waals surface area contributed by atoms with Crippen molar-refractivity contribution < 1.29 is 37.5 Å². The molecule has 1 aliphatic heterocycles. The molecule has 13 nitrogen and oxygen atoms in total. The number of nitrogens with one attached hydrogen (secondary N) is 4. The average Bonchev–Trinajstić information content (AvgIpc) is 3.75. The third kappa shape index (κ3) is 8.47. The molecule has 4 atom stereocenters. The molecule has 0 bridgehead atoms. The molecule has 256 valence electrons. The van der Waals surface area contributed by atoms with E-state index in [4.69, 9.17) is 0 Å². The molecular formula is C32H43F2N7O6. The summed E-state index contributed by atoms with van der Waals surface area (Å²) in [7, 11) is 1.37. The van der Waals surface area contributed by atoms with Gasteiger partial charge in [0.05, 0.1) is 12.2 Å². The second-order valence-corrected chi connectivity index (χ2v) is 14.2. The van der Waals surface area contributed by atoms with E-state index in [1.165, 1.54) is 25.6 Å². The van der Waals surface area contributed by atoms with Gasteiger partial charge in [-0.15, -0.1) is 0 Å². The molecule has 2 heterocycles. The lowest BCUT2D eigenvalue weighted by Gasteiger charge is -2.42. The van der Waals surface area contributed by atoms with Crippen molar-refractivity contribution in [2.24, 2.45) is 17.8 Å². The lowest BCUT2D eigenvalue weighted by atomic mass is 9.75. The largest absolute Gasteiger partial charge is 0.351 e. The number of Topliss-reactive ketones (excluding diaryl/α,β-unsaturated/α-hetero) is 1. The highest BCUT2D eigenvalue weighted by atomic mass is 19.3. The molecule has 0 radical (unpaired) electrons. The van der Waals surface area contributed by atoms with Crippen LogP contribution in [0.2, 0.25) is 0 Å². The number of alkyl halides is 2. The first kappa shape index (κ1) is 34.3. The molecule has 4 fully saturated rings. The maximum Gasteiger partial charge on any atom is 0.289 e. The number of hydrogen-bond acceptors (Lipinski definition) is 8. The molecule has 47 heavy (non-hydrogen) atoms. The van der Waals surface area contributed by atoms with Gasteiger partial charge in [0.1, 0.15) is 17.8 Å². The Balaban J connectivity index is 1.36. The van der Waals surface area contributed by atoms with Gasteiger partial charge in [-0.3, -0.25) is 33.8 Å². The molecule has 0 spiro atoms. The standard InChI is InChI=1S/C32H43F2N7O6/c1-31(2)13-18(26(43)40-31)12-21(25(42)29(46)37-20-7-8-20)38-28(45)23(11-17-5-4-6-17)41(3)30(47)24(19-14-32(33,34)15-19)39-27(44)22-16-35-9-10-36-22/h9-10,16-21,23-24H,4-8,11-15H2,1-3H3,(H,37,46)(H,38,45)(H,39,44)(H,40,43)/t18-,21+,23+,24-/m1/s1. The Kier molecular flexibility index (Phi) is 9.92. The van der Waals surface area contributed by atoms with Crippen LogP contribution in [-0.2, 0) is 24.0 Å². The number of hydrogen-bond donors (Lipinski definition) is 4.